The minimum Gasteiger partial charge on any atom is -0.0880 e. The van der Waals surface area contributed by atoms with E-state index in [1.807, 2.05) is 0 Å². The summed E-state index contributed by atoms with van der Waals surface area (Å²) in [5.41, 5.74) is 5.80. The van der Waals surface area contributed by atoms with Crippen LogP contribution in [0.5, 0.6) is 0 Å². The molecule has 0 radical (unpaired) electrons. The molecule has 0 nitrogen and oxygen atoms in total. The van der Waals surface area contributed by atoms with Crippen molar-refractivity contribution in [2.24, 2.45) is 5.92 Å². The van der Waals surface area contributed by atoms with Crippen LogP contribution in [0.2, 0.25) is 0 Å². The van der Waals surface area contributed by atoms with E-state index in [9.17, 15) is 0 Å². The van der Waals surface area contributed by atoms with Gasteiger partial charge in [-0.3, -0.25) is 0 Å². The van der Waals surface area contributed by atoms with Crippen LogP contribution in [0.15, 0.2) is 23.8 Å². The van der Waals surface area contributed by atoms with Gasteiger partial charge in [0.1, 0.15) is 0 Å². The number of hydrogen-bond acceptors (Lipinski definition) is 0. The monoisotopic (exact) mass is 306 g/mol. The summed E-state index contributed by atoms with van der Waals surface area (Å²) in [5.74, 6) is 0.803. The van der Waals surface area contributed by atoms with Crippen LogP contribution in [0.3, 0.4) is 0 Å². The van der Waals surface area contributed by atoms with Crippen molar-refractivity contribution in [2.75, 3.05) is 5.33 Å². The van der Waals surface area contributed by atoms with Crippen molar-refractivity contribution in [3.63, 3.8) is 0 Å². The summed E-state index contributed by atoms with van der Waals surface area (Å²) in [6.45, 7) is 4.43. The van der Waals surface area contributed by atoms with E-state index >= 15 is 0 Å². The molecule has 1 saturated carbocycles. The average Bonchev–Trinajstić information content (AvgIpc) is 2.40. The lowest BCUT2D eigenvalue weighted by molar-refractivity contribution is 0.405. The molecule has 0 bridgehead atoms. The molecule has 0 aromatic heterocycles. The minimum atomic E-state index is 0.803. The van der Waals surface area contributed by atoms with Gasteiger partial charge in [0.15, 0.2) is 0 Å². The molecular weight excluding hydrogens is 284 g/mol. The van der Waals surface area contributed by atoms with Gasteiger partial charge in [0.2, 0.25) is 0 Å². The van der Waals surface area contributed by atoms with Gasteiger partial charge >= 0.3 is 0 Å². The highest BCUT2D eigenvalue weighted by atomic mass is 79.9. The predicted octanol–water partition coefficient (Wildman–Crippen LogP) is 5.66. The number of benzene rings is 1. The van der Waals surface area contributed by atoms with Gasteiger partial charge in [-0.15, -0.1) is 0 Å². The van der Waals surface area contributed by atoms with Crippen LogP contribution >= 0.6 is 15.9 Å². The third-order valence-electron chi connectivity index (χ3n) is 4.16. The van der Waals surface area contributed by atoms with Crippen molar-refractivity contribution < 1.29 is 0 Å². The Morgan fingerprint density at radius 3 is 2.33 bits per heavy atom. The van der Waals surface area contributed by atoms with Gasteiger partial charge in [0.25, 0.3) is 0 Å². The van der Waals surface area contributed by atoms with Crippen molar-refractivity contribution in [1.29, 1.82) is 0 Å². The fourth-order valence-electron chi connectivity index (χ4n) is 2.98. The molecule has 0 atom stereocenters. The lowest BCUT2D eigenvalue weighted by Crippen LogP contribution is -2.10. The Kier molecular flexibility index (Phi) is 5.05. The van der Waals surface area contributed by atoms with Crippen molar-refractivity contribution in [3.05, 3.63) is 40.5 Å². The molecule has 1 heteroatoms. The molecule has 0 saturated heterocycles. The summed E-state index contributed by atoms with van der Waals surface area (Å²) < 4.78 is 0. The van der Waals surface area contributed by atoms with Gasteiger partial charge in [-0.05, 0) is 49.3 Å². The van der Waals surface area contributed by atoms with Crippen LogP contribution in [0.1, 0.15) is 48.8 Å². The molecule has 1 aromatic carbocycles. The second-order valence-corrected chi connectivity index (χ2v) is 6.05. The van der Waals surface area contributed by atoms with Crippen molar-refractivity contribution in [2.45, 2.75) is 46.0 Å². The fourth-order valence-corrected chi connectivity index (χ4v) is 3.60. The van der Waals surface area contributed by atoms with Crippen LogP contribution in [-0.4, -0.2) is 5.33 Å². The van der Waals surface area contributed by atoms with Crippen molar-refractivity contribution in [3.8, 4) is 0 Å². The highest BCUT2D eigenvalue weighted by Crippen LogP contribution is 2.32. The molecule has 1 aliphatic rings. The molecule has 2 rings (SSSR count). The van der Waals surface area contributed by atoms with Gasteiger partial charge in [-0.1, -0.05) is 65.0 Å². The molecule has 0 unspecified atom stereocenters. The zero-order valence-corrected chi connectivity index (χ0v) is 13.1. The van der Waals surface area contributed by atoms with E-state index in [0.29, 0.717) is 0 Å². The van der Waals surface area contributed by atoms with Gasteiger partial charge < -0.3 is 0 Å². The highest BCUT2D eigenvalue weighted by molar-refractivity contribution is 9.09. The molecule has 0 amide bonds. The molecule has 18 heavy (non-hydrogen) atoms. The van der Waals surface area contributed by atoms with Gasteiger partial charge in [-0.2, -0.15) is 0 Å². The molecule has 0 aliphatic heterocycles. The SMILES string of the molecule is Cc1cccc(C)c1/C=C(/CBr)C1CCCCC1. The molecule has 1 aliphatic carbocycles. The molecule has 0 N–H and O–H groups in total. The Balaban J connectivity index is 2.28. The first-order chi connectivity index (χ1) is 8.72. The largest absolute Gasteiger partial charge is 0.0880 e. The van der Waals surface area contributed by atoms with Crippen molar-refractivity contribution >= 4 is 22.0 Å². The van der Waals surface area contributed by atoms with Crippen LogP contribution in [0, 0.1) is 19.8 Å². The zero-order valence-electron chi connectivity index (χ0n) is 11.5. The van der Waals surface area contributed by atoms with E-state index in [1.165, 1.54) is 48.8 Å². The maximum atomic E-state index is 3.69. The first-order valence-electron chi connectivity index (χ1n) is 7.05. The molecule has 1 aromatic rings. The Bertz CT molecular complexity index is 405. The normalized spacial score (nSPS) is 18.1. The predicted molar refractivity (Wildman–Crippen MR) is 84.3 cm³/mol. The number of hydrogen-bond donors (Lipinski definition) is 0. The van der Waals surface area contributed by atoms with Crippen LogP contribution in [-0.2, 0) is 0 Å². The second kappa shape index (κ2) is 6.56. The summed E-state index contributed by atoms with van der Waals surface area (Å²) in [7, 11) is 0. The maximum absolute atomic E-state index is 3.69. The summed E-state index contributed by atoms with van der Waals surface area (Å²) in [6, 6.07) is 6.58. The fraction of sp³-hybridized carbons (Fsp3) is 0.529. The highest BCUT2D eigenvalue weighted by Gasteiger charge is 2.17. The van der Waals surface area contributed by atoms with Crippen LogP contribution in [0.4, 0.5) is 0 Å². The molecule has 1 fully saturated rings. The molecule has 98 valence electrons. The first-order valence-corrected chi connectivity index (χ1v) is 8.17. The standard InChI is InChI=1S/C17H23Br/c1-13-7-6-8-14(2)17(13)11-16(12-18)15-9-4-3-5-10-15/h6-8,11,15H,3-5,9-10,12H2,1-2H3/b16-11-. The zero-order chi connectivity index (χ0) is 13.0. The van der Waals surface area contributed by atoms with E-state index in [-0.39, 0.29) is 0 Å². The number of alkyl halides is 1. The van der Waals surface area contributed by atoms with E-state index in [0.717, 1.165) is 11.2 Å². The summed E-state index contributed by atoms with van der Waals surface area (Å²) >= 11 is 3.69. The van der Waals surface area contributed by atoms with Gasteiger partial charge in [-0.25, -0.2) is 0 Å². The number of aryl methyl sites for hydroxylation is 2. The lowest BCUT2D eigenvalue weighted by Gasteiger charge is -2.24. The number of rotatable bonds is 3. The van der Waals surface area contributed by atoms with Crippen LogP contribution in [0.25, 0.3) is 6.08 Å². The van der Waals surface area contributed by atoms with Gasteiger partial charge in [0, 0.05) is 5.33 Å². The smallest absolute Gasteiger partial charge is 0.0247 e. The summed E-state index contributed by atoms with van der Waals surface area (Å²) in [5, 5.41) is 1.02. The second-order valence-electron chi connectivity index (χ2n) is 5.49. The Labute approximate surface area is 120 Å². The van der Waals surface area contributed by atoms with Crippen molar-refractivity contribution in [1.82, 2.24) is 0 Å². The first kappa shape index (κ1) is 13.9. The number of allylic oxidation sites excluding steroid dienone is 1. The average molecular weight is 307 g/mol. The van der Waals surface area contributed by atoms with E-state index < -0.39 is 0 Å². The van der Waals surface area contributed by atoms with Crippen LogP contribution < -0.4 is 0 Å². The van der Waals surface area contributed by atoms with Gasteiger partial charge in [0.05, 0.1) is 0 Å². The Morgan fingerprint density at radius 2 is 1.78 bits per heavy atom. The number of halogens is 1. The Morgan fingerprint density at radius 1 is 1.17 bits per heavy atom. The molecular formula is C17H23Br. The minimum absolute atomic E-state index is 0.803. The lowest BCUT2D eigenvalue weighted by atomic mass is 9.83. The van der Waals surface area contributed by atoms with E-state index in [2.05, 4.69) is 54.1 Å². The molecule has 0 heterocycles. The Hall–Kier alpha value is -0.560. The molecule has 0 spiro atoms. The quantitative estimate of drug-likeness (QED) is 0.632. The summed E-state index contributed by atoms with van der Waals surface area (Å²) in [4.78, 5) is 0. The third-order valence-corrected chi connectivity index (χ3v) is 4.80. The van der Waals surface area contributed by atoms with E-state index in [4.69, 9.17) is 0 Å². The topological polar surface area (TPSA) is 0 Å². The summed E-state index contributed by atoms with van der Waals surface area (Å²) in [6.07, 6.45) is 9.43. The third kappa shape index (κ3) is 3.26. The maximum Gasteiger partial charge on any atom is 0.0247 e. The van der Waals surface area contributed by atoms with E-state index in [1.54, 1.807) is 5.57 Å².